The van der Waals surface area contributed by atoms with Crippen LogP contribution in [0.4, 0.5) is 5.82 Å². The number of aryl methyl sites for hydroxylation is 1. The summed E-state index contributed by atoms with van der Waals surface area (Å²) in [6, 6.07) is 0. The van der Waals surface area contributed by atoms with Gasteiger partial charge >= 0.3 is 0 Å². The molecule has 0 atom stereocenters. The first-order valence-corrected chi connectivity index (χ1v) is 4.84. The smallest absolute Gasteiger partial charge is 0.222 e. The van der Waals surface area contributed by atoms with E-state index in [-0.39, 0.29) is 6.61 Å². The molecule has 0 spiro atoms. The van der Waals surface area contributed by atoms with E-state index in [1.165, 1.54) is 0 Å². The Hall–Kier alpha value is -1.76. The summed E-state index contributed by atoms with van der Waals surface area (Å²) in [5, 5.41) is 3.00. The number of anilines is 1. The standard InChI is InChI=1S/C11H15N3O/c1-5-7-15-11-8(3)10(12-4)13-9(6-2)14-11/h1H,6-7H2,2-4H3,(H,12,13,14). The van der Waals surface area contributed by atoms with Crippen LogP contribution in [-0.4, -0.2) is 23.6 Å². The lowest BCUT2D eigenvalue weighted by Gasteiger charge is -2.10. The molecule has 1 aromatic heterocycles. The Morgan fingerprint density at radius 2 is 2.20 bits per heavy atom. The summed E-state index contributed by atoms with van der Waals surface area (Å²) in [4.78, 5) is 8.59. The summed E-state index contributed by atoms with van der Waals surface area (Å²) in [6.45, 7) is 4.12. The number of aromatic nitrogens is 2. The lowest BCUT2D eigenvalue weighted by atomic mass is 10.3. The van der Waals surface area contributed by atoms with E-state index >= 15 is 0 Å². The van der Waals surface area contributed by atoms with Crippen LogP contribution in [0.1, 0.15) is 18.3 Å². The number of hydrogen-bond donors (Lipinski definition) is 1. The van der Waals surface area contributed by atoms with Crippen molar-refractivity contribution in [2.24, 2.45) is 0 Å². The van der Waals surface area contributed by atoms with Crippen molar-refractivity contribution in [3.63, 3.8) is 0 Å². The molecule has 1 rings (SSSR count). The van der Waals surface area contributed by atoms with Crippen LogP contribution in [0.2, 0.25) is 0 Å². The van der Waals surface area contributed by atoms with E-state index in [1.54, 1.807) is 0 Å². The summed E-state index contributed by atoms with van der Waals surface area (Å²) in [5.41, 5.74) is 0.880. The first-order chi connectivity index (χ1) is 7.22. The fourth-order valence-electron chi connectivity index (χ4n) is 1.19. The van der Waals surface area contributed by atoms with Crippen LogP contribution in [0, 0.1) is 19.3 Å². The monoisotopic (exact) mass is 205 g/mol. The van der Waals surface area contributed by atoms with Crippen LogP contribution in [-0.2, 0) is 6.42 Å². The van der Waals surface area contributed by atoms with Crippen molar-refractivity contribution in [1.29, 1.82) is 0 Å². The molecule has 0 amide bonds. The summed E-state index contributed by atoms with van der Waals surface area (Å²) in [5.74, 6) is 4.51. The van der Waals surface area contributed by atoms with Gasteiger partial charge in [0.2, 0.25) is 5.88 Å². The second-order valence-electron chi connectivity index (χ2n) is 3.01. The minimum atomic E-state index is 0.226. The van der Waals surface area contributed by atoms with Gasteiger partial charge in [0.15, 0.2) is 6.61 Å². The van der Waals surface area contributed by atoms with Crippen molar-refractivity contribution >= 4 is 5.82 Å². The second kappa shape index (κ2) is 5.20. The second-order valence-corrected chi connectivity index (χ2v) is 3.01. The zero-order chi connectivity index (χ0) is 11.3. The summed E-state index contributed by atoms with van der Waals surface area (Å²) in [7, 11) is 1.82. The largest absolute Gasteiger partial charge is 0.464 e. The molecule has 1 heterocycles. The van der Waals surface area contributed by atoms with Crippen LogP contribution in [0.3, 0.4) is 0 Å². The van der Waals surface area contributed by atoms with Crippen LogP contribution in [0.5, 0.6) is 5.88 Å². The Bertz CT molecular complexity index is 382. The van der Waals surface area contributed by atoms with E-state index in [0.29, 0.717) is 5.88 Å². The molecule has 0 fully saturated rings. The lowest BCUT2D eigenvalue weighted by Crippen LogP contribution is -2.06. The Balaban J connectivity index is 3.07. The minimum absolute atomic E-state index is 0.226. The molecular weight excluding hydrogens is 190 g/mol. The number of ether oxygens (including phenoxy) is 1. The van der Waals surface area contributed by atoms with Crippen molar-refractivity contribution in [2.45, 2.75) is 20.3 Å². The highest BCUT2D eigenvalue weighted by Gasteiger charge is 2.09. The Kier molecular flexibility index (Phi) is 3.92. The average molecular weight is 205 g/mol. The third-order valence-electron chi connectivity index (χ3n) is 1.99. The fourth-order valence-corrected chi connectivity index (χ4v) is 1.19. The third kappa shape index (κ3) is 2.59. The fraction of sp³-hybridized carbons (Fsp3) is 0.455. The van der Waals surface area contributed by atoms with Crippen LogP contribution >= 0.6 is 0 Å². The highest BCUT2D eigenvalue weighted by Crippen LogP contribution is 2.21. The van der Waals surface area contributed by atoms with E-state index in [1.807, 2.05) is 20.9 Å². The molecule has 0 saturated heterocycles. The number of terminal acetylenes is 1. The Morgan fingerprint density at radius 1 is 1.47 bits per heavy atom. The van der Waals surface area contributed by atoms with Crippen LogP contribution in [0.25, 0.3) is 0 Å². The molecule has 4 heteroatoms. The molecular formula is C11H15N3O. The van der Waals surface area contributed by atoms with Gasteiger partial charge in [0.25, 0.3) is 0 Å². The quantitative estimate of drug-likeness (QED) is 0.755. The topological polar surface area (TPSA) is 47.0 Å². The lowest BCUT2D eigenvalue weighted by molar-refractivity contribution is 0.350. The van der Waals surface area contributed by atoms with Gasteiger partial charge in [-0.25, -0.2) is 4.98 Å². The van der Waals surface area contributed by atoms with Gasteiger partial charge in [0, 0.05) is 13.5 Å². The average Bonchev–Trinajstić information content (AvgIpc) is 2.27. The highest BCUT2D eigenvalue weighted by atomic mass is 16.5. The van der Waals surface area contributed by atoms with E-state index in [2.05, 4.69) is 21.2 Å². The first-order valence-electron chi connectivity index (χ1n) is 4.84. The van der Waals surface area contributed by atoms with Gasteiger partial charge in [-0.3, -0.25) is 0 Å². The minimum Gasteiger partial charge on any atom is -0.464 e. The maximum Gasteiger partial charge on any atom is 0.222 e. The van der Waals surface area contributed by atoms with Gasteiger partial charge in [0.05, 0.1) is 5.56 Å². The van der Waals surface area contributed by atoms with E-state index < -0.39 is 0 Å². The summed E-state index contributed by atoms with van der Waals surface area (Å²) in [6.07, 6.45) is 5.90. The van der Waals surface area contributed by atoms with Gasteiger partial charge < -0.3 is 10.1 Å². The van der Waals surface area contributed by atoms with Gasteiger partial charge in [-0.2, -0.15) is 4.98 Å². The predicted molar refractivity (Wildman–Crippen MR) is 60.0 cm³/mol. The molecule has 0 radical (unpaired) electrons. The van der Waals surface area contributed by atoms with Crippen molar-refractivity contribution in [1.82, 2.24) is 9.97 Å². The zero-order valence-electron chi connectivity index (χ0n) is 9.29. The summed E-state index contributed by atoms with van der Waals surface area (Å²) >= 11 is 0. The van der Waals surface area contributed by atoms with Crippen molar-refractivity contribution < 1.29 is 4.74 Å². The van der Waals surface area contributed by atoms with Gasteiger partial charge in [-0.1, -0.05) is 12.8 Å². The molecule has 1 N–H and O–H groups in total. The van der Waals surface area contributed by atoms with E-state index in [9.17, 15) is 0 Å². The molecule has 0 bridgehead atoms. The molecule has 0 unspecified atom stereocenters. The van der Waals surface area contributed by atoms with Crippen LogP contribution in [0.15, 0.2) is 0 Å². The number of hydrogen-bond acceptors (Lipinski definition) is 4. The van der Waals surface area contributed by atoms with E-state index in [4.69, 9.17) is 11.2 Å². The van der Waals surface area contributed by atoms with Gasteiger partial charge in [0.1, 0.15) is 11.6 Å². The van der Waals surface area contributed by atoms with Gasteiger partial charge in [-0.15, -0.1) is 6.42 Å². The predicted octanol–water partition coefficient (Wildman–Crippen LogP) is 1.40. The molecule has 80 valence electrons. The molecule has 15 heavy (non-hydrogen) atoms. The Morgan fingerprint density at radius 3 is 2.73 bits per heavy atom. The van der Waals surface area contributed by atoms with Crippen molar-refractivity contribution in [3.05, 3.63) is 11.4 Å². The molecule has 0 aliphatic carbocycles. The maximum atomic E-state index is 5.34. The van der Waals surface area contributed by atoms with Gasteiger partial charge in [-0.05, 0) is 6.92 Å². The molecule has 4 nitrogen and oxygen atoms in total. The van der Waals surface area contributed by atoms with Crippen LogP contribution < -0.4 is 10.1 Å². The number of nitrogens with zero attached hydrogens (tertiary/aromatic N) is 2. The third-order valence-corrected chi connectivity index (χ3v) is 1.99. The van der Waals surface area contributed by atoms with E-state index in [0.717, 1.165) is 23.6 Å². The summed E-state index contributed by atoms with van der Waals surface area (Å²) < 4.78 is 5.34. The maximum absolute atomic E-state index is 5.34. The molecule has 0 aromatic carbocycles. The number of rotatable bonds is 4. The van der Waals surface area contributed by atoms with Crippen molar-refractivity contribution in [2.75, 3.05) is 19.0 Å². The zero-order valence-corrected chi connectivity index (χ0v) is 9.29. The normalized spacial score (nSPS) is 9.47. The molecule has 0 aliphatic heterocycles. The Labute approximate surface area is 90.1 Å². The molecule has 0 saturated carbocycles. The SMILES string of the molecule is C#CCOc1nc(CC)nc(NC)c1C. The molecule has 0 aliphatic rings. The van der Waals surface area contributed by atoms with Crippen molar-refractivity contribution in [3.8, 4) is 18.2 Å². The molecule has 1 aromatic rings. The first kappa shape index (κ1) is 11.3. The highest BCUT2D eigenvalue weighted by molar-refractivity contribution is 5.48. The number of nitrogens with one attached hydrogen (secondary N) is 1.